The van der Waals surface area contributed by atoms with Crippen LogP contribution >= 0.6 is 0 Å². The minimum absolute atomic E-state index is 0.176. The van der Waals surface area contributed by atoms with Crippen LogP contribution in [-0.4, -0.2) is 41.0 Å². The second-order valence-electron chi connectivity index (χ2n) is 8.34. The zero-order valence-corrected chi connectivity index (χ0v) is 17.5. The molecule has 4 aromatic rings. The standard InChI is InChI=1S/C25H25N3O3/c1-28(16-17-4-6-21-18(13-17)3-2-10-27-21)24(29)23-15-19-14-20(5-7-22(19)31-23)25(30)8-11-26-12-9-25/h2-7,10,13-15,26,30H,8-9,11-12,16H2,1H3. The van der Waals surface area contributed by atoms with Crippen molar-refractivity contribution < 1.29 is 14.3 Å². The number of fused-ring (bicyclic) bond motifs is 2. The molecule has 0 spiro atoms. The summed E-state index contributed by atoms with van der Waals surface area (Å²) >= 11 is 0. The molecule has 0 atom stereocenters. The molecule has 1 aliphatic rings. The van der Waals surface area contributed by atoms with Crippen molar-refractivity contribution in [3.63, 3.8) is 0 Å². The van der Waals surface area contributed by atoms with Crippen molar-refractivity contribution in [2.75, 3.05) is 20.1 Å². The molecule has 0 radical (unpaired) electrons. The number of carbonyl (C=O) groups excluding carboxylic acids is 1. The topological polar surface area (TPSA) is 78.6 Å². The number of hydrogen-bond donors (Lipinski definition) is 2. The van der Waals surface area contributed by atoms with Crippen LogP contribution in [0.25, 0.3) is 21.9 Å². The Balaban J connectivity index is 1.37. The highest BCUT2D eigenvalue weighted by molar-refractivity contribution is 5.96. The first-order valence-electron chi connectivity index (χ1n) is 10.6. The Hall–Kier alpha value is -3.22. The van der Waals surface area contributed by atoms with Crippen molar-refractivity contribution in [3.8, 4) is 0 Å². The van der Waals surface area contributed by atoms with E-state index in [0.717, 1.165) is 40.5 Å². The molecule has 1 amide bonds. The molecule has 1 aliphatic heterocycles. The van der Waals surface area contributed by atoms with Crippen LogP contribution in [0.5, 0.6) is 0 Å². The number of hydrogen-bond acceptors (Lipinski definition) is 5. The molecule has 1 fully saturated rings. The molecule has 5 rings (SSSR count). The maximum atomic E-state index is 13.0. The fourth-order valence-corrected chi connectivity index (χ4v) is 4.32. The van der Waals surface area contributed by atoms with Gasteiger partial charge in [-0.3, -0.25) is 9.78 Å². The largest absolute Gasteiger partial charge is 0.451 e. The summed E-state index contributed by atoms with van der Waals surface area (Å²) in [7, 11) is 1.77. The average Bonchev–Trinajstić information content (AvgIpc) is 3.22. The molecule has 6 heteroatoms. The molecule has 2 aromatic heterocycles. The van der Waals surface area contributed by atoms with Crippen molar-refractivity contribution >= 4 is 27.8 Å². The first-order chi connectivity index (χ1) is 15.0. The number of rotatable bonds is 4. The zero-order valence-electron chi connectivity index (χ0n) is 17.5. The number of carbonyl (C=O) groups is 1. The van der Waals surface area contributed by atoms with Crippen LogP contribution in [-0.2, 0) is 12.1 Å². The summed E-state index contributed by atoms with van der Waals surface area (Å²) in [6.45, 7) is 2.05. The van der Waals surface area contributed by atoms with Crippen LogP contribution < -0.4 is 5.32 Å². The predicted molar refractivity (Wildman–Crippen MR) is 120 cm³/mol. The molecule has 0 unspecified atom stereocenters. The Morgan fingerprint density at radius 2 is 1.97 bits per heavy atom. The lowest BCUT2D eigenvalue weighted by Gasteiger charge is -2.33. The number of pyridine rings is 1. The fraction of sp³-hybridized carbons (Fsp3) is 0.280. The van der Waals surface area contributed by atoms with Gasteiger partial charge in [-0.1, -0.05) is 18.2 Å². The van der Waals surface area contributed by atoms with E-state index in [-0.39, 0.29) is 5.91 Å². The van der Waals surface area contributed by atoms with E-state index in [0.29, 0.717) is 30.7 Å². The van der Waals surface area contributed by atoms with E-state index in [9.17, 15) is 9.90 Å². The van der Waals surface area contributed by atoms with Crippen molar-refractivity contribution in [3.05, 3.63) is 77.7 Å². The number of furan rings is 1. The molecular formula is C25H25N3O3. The quantitative estimate of drug-likeness (QED) is 0.530. The number of benzene rings is 2. The Bertz CT molecular complexity index is 1260. The second kappa shape index (κ2) is 7.80. The van der Waals surface area contributed by atoms with Crippen LogP contribution in [0.1, 0.15) is 34.5 Å². The summed E-state index contributed by atoms with van der Waals surface area (Å²) in [5, 5.41) is 16.2. The lowest BCUT2D eigenvalue weighted by Crippen LogP contribution is -2.39. The van der Waals surface area contributed by atoms with Gasteiger partial charge in [0.05, 0.1) is 11.1 Å². The number of nitrogens with zero attached hydrogens (tertiary/aromatic N) is 2. The molecule has 0 aliphatic carbocycles. The number of aromatic nitrogens is 1. The zero-order chi connectivity index (χ0) is 21.4. The smallest absolute Gasteiger partial charge is 0.289 e. The summed E-state index contributed by atoms with van der Waals surface area (Å²) in [6.07, 6.45) is 3.12. The fourth-order valence-electron chi connectivity index (χ4n) is 4.32. The van der Waals surface area contributed by atoms with Gasteiger partial charge in [-0.15, -0.1) is 0 Å². The Kier molecular flexibility index (Phi) is 4.96. The van der Waals surface area contributed by atoms with Crippen molar-refractivity contribution in [1.29, 1.82) is 0 Å². The maximum Gasteiger partial charge on any atom is 0.289 e. The van der Waals surface area contributed by atoms with Crippen LogP contribution in [0.3, 0.4) is 0 Å². The van der Waals surface area contributed by atoms with Crippen LogP contribution in [0, 0.1) is 0 Å². The highest BCUT2D eigenvalue weighted by atomic mass is 16.3. The Morgan fingerprint density at radius 1 is 1.13 bits per heavy atom. The van der Waals surface area contributed by atoms with E-state index >= 15 is 0 Å². The summed E-state index contributed by atoms with van der Waals surface area (Å²) in [5.74, 6) is 0.124. The van der Waals surface area contributed by atoms with Gasteiger partial charge in [0.15, 0.2) is 5.76 Å². The van der Waals surface area contributed by atoms with Gasteiger partial charge in [0.1, 0.15) is 5.58 Å². The Morgan fingerprint density at radius 3 is 2.81 bits per heavy atom. The minimum Gasteiger partial charge on any atom is -0.451 e. The van der Waals surface area contributed by atoms with Gasteiger partial charge in [0.2, 0.25) is 0 Å². The lowest BCUT2D eigenvalue weighted by atomic mass is 9.85. The van der Waals surface area contributed by atoms with Gasteiger partial charge in [0.25, 0.3) is 5.91 Å². The summed E-state index contributed by atoms with van der Waals surface area (Å²) in [5.41, 5.74) is 2.66. The first-order valence-corrected chi connectivity index (χ1v) is 10.6. The SMILES string of the molecule is CN(Cc1ccc2ncccc2c1)C(=O)c1cc2cc(C3(O)CCNCC3)ccc2o1. The van der Waals surface area contributed by atoms with Crippen LogP contribution in [0.4, 0.5) is 0 Å². The molecule has 158 valence electrons. The van der Waals surface area contributed by atoms with Gasteiger partial charge >= 0.3 is 0 Å². The van der Waals surface area contributed by atoms with Crippen LogP contribution in [0.2, 0.25) is 0 Å². The third kappa shape index (κ3) is 3.80. The van der Waals surface area contributed by atoms with E-state index in [1.807, 2.05) is 42.5 Å². The van der Waals surface area contributed by atoms with E-state index in [2.05, 4.69) is 16.4 Å². The molecule has 3 heterocycles. The third-order valence-corrected chi connectivity index (χ3v) is 6.13. The summed E-state index contributed by atoms with van der Waals surface area (Å²) < 4.78 is 5.84. The van der Waals surface area contributed by atoms with Crippen LogP contribution in [0.15, 0.2) is 65.2 Å². The first kappa shape index (κ1) is 19.7. The Labute approximate surface area is 180 Å². The van der Waals surface area contributed by atoms with Gasteiger partial charge in [-0.25, -0.2) is 0 Å². The van der Waals surface area contributed by atoms with E-state index in [1.165, 1.54) is 0 Å². The number of nitrogens with one attached hydrogen (secondary N) is 1. The minimum atomic E-state index is -0.831. The van der Waals surface area contributed by atoms with Gasteiger partial charge in [-0.05, 0) is 73.5 Å². The molecular weight excluding hydrogens is 390 g/mol. The van der Waals surface area contributed by atoms with E-state index in [4.69, 9.17) is 4.42 Å². The van der Waals surface area contributed by atoms with Gasteiger partial charge in [-0.2, -0.15) is 0 Å². The molecule has 1 saturated heterocycles. The summed E-state index contributed by atoms with van der Waals surface area (Å²) in [4.78, 5) is 19.0. The normalized spacial score (nSPS) is 15.9. The highest BCUT2D eigenvalue weighted by Gasteiger charge is 2.31. The summed E-state index contributed by atoms with van der Waals surface area (Å²) in [6, 6.07) is 17.4. The third-order valence-electron chi connectivity index (χ3n) is 6.13. The van der Waals surface area contributed by atoms with E-state index < -0.39 is 5.60 Å². The monoisotopic (exact) mass is 415 g/mol. The average molecular weight is 415 g/mol. The molecule has 0 saturated carbocycles. The predicted octanol–water partition coefficient (Wildman–Crippen LogP) is 3.82. The number of piperidine rings is 1. The molecule has 2 N–H and O–H groups in total. The van der Waals surface area contributed by atoms with Crippen molar-refractivity contribution in [2.24, 2.45) is 0 Å². The maximum absolute atomic E-state index is 13.0. The number of aliphatic hydroxyl groups is 1. The second-order valence-corrected chi connectivity index (χ2v) is 8.34. The lowest BCUT2D eigenvalue weighted by molar-refractivity contribution is 0.00605. The van der Waals surface area contributed by atoms with E-state index in [1.54, 1.807) is 24.2 Å². The molecule has 31 heavy (non-hydrogen) atoms. The van der Waals surface area contributed by atoms with Crippen molar-refractivity contribution in [2.45, 2.75) is 25.0 Å². The molecule has 0 bridgehead atoms. The number of amides is 1. The van der Waals surface area contributed by atoms with Gasteiger partial charge in [0, 0.05) is 30.6 Å². The highest BCUT2D eigenvalue weighted by Crippen LogP contribution is 2.33. The molecule has 2 aromatic carbocycles. The van der Waals surface area contributed by atoms with Crippen molar-refractivity contribution in [1.82, 2.24) is 15.2 Å². The van der Waals surface area contributed by atoms with Gasteiger partial charge < -0.3 is 19.7 Å². The molecule has 6 nitrogen and oxygen atoms in total.